The van der Waals surface area contributed by atoms with Crippen LogP contribution in [0.2, 0.25) is 0 Å². The van der Waals surface area contributed by atoms with Crippen molar-refractivity contribution in [2.75, 3.05) is 33.9 Å². The molecule has 5 heteroatoms. The molecular formula is C11H23F2NO2. The topological polar surface area (TPSA) is 21.7 Å². The molecule has 0 spiro atoms. The van der Waals surface area contributed by atoms with E-state index in [-0.39, 0.29) is 6.10 Å². The largest absolute Gasteiger partial charge is 0.380 e. The molecule has 16 heavy (non-hydrogen) atoms. The van der Waals surface area contributed by atoms with E-state index in [2.05, 4.69) is 16.7 Å². The van der Waals surface area contributed by atoms with Crippen LogP contribution in [0.15, 0.2) is 0 Å². The van der Waals surface area contributed by atoms with Gasteiger partial charge in [-0.25, -0.2) is 8.78 Å². The fraction of sp³-hybridized carbons (Fsp3) is 1.00. The molecule has 1 aliphatic rings. The second kappa shape index (κ2) is 8.84. The van der Waals surface area contributed by atoms with Gasteiger partial charge in [0.15, 0.2) is 0 Å². The zero-order valence-corrected chi connectivity index (χ0v) is 10.6. The smallest absolute Gasteiger partial charge is 0.261 e. The van der Waals surface area contributed by atoms with Gasteiger partial charge in [-0.1, -0.05) is 0 Å². The third kappa shape index (κ3) is 9.00. The maximum absolute atomic E-state index is 11.3. The lowest BCUT2D eigenvalue weighted by Gasteiger charge is -2.06. The zero-order chi connectivity index (χ0) is 12.6. The van der Waals surface area contributed by atoms with Crippen molar-refractivity contribution < 1.29 is 18.3 Å². The Morgan fingerprint density at radius 1 is 1.38 bits per heavy atom. The summed E-state index contributed by atoms with van der Waals surface area (Å²) in [6.45, 7) is 5.30. The van der Waals surface area contributed by atoms with Crippen LogP contribution in [-0.4, -0.2) is 57.4 Å². The second-order valence-electron chi connectivity index (χ2n) is 4.18. The Bertz CT molecular complexity index is 160. The average Bonchev–Trinajstić information content (AvgIpc) is 2.62. The van der Waals surface area contributed by atoms with Gasteiger partial charge in [-0.3, -0.25) is 0 Å². The lowest BCUT2D eigenvalue weighted by molar-refractivity contribution is -0.0104. The van der Waals surface area contributed by atoms with Gasteiger partial charge in [-0.2, -0.15) is 0 Å². The molecule has 0 aliphatic carbocycles. The molecule has 0 aromatic rings. The first-order valence-electron chi connectivity index (χ1n) is 5.56. The Balaban J connectivity index is 0.000000281. The summed E-state index contributed by atoms with van der Waals surface area (Å²) >= 11 is 0. The van der Waals surface area contributed by atoms with Gasteiger partial charge in [0.25, 0.3) is 6.43 Å². The minimum absolute atomic E-state index is 0.0935. The fourth-order valence-electron chi connectivity index (χ4n) is 1.35. The lowest BCUT2D eigenvalue weighted by Crippen LogP contribution is -2.17. The molecule has 1 unspecified atom stereocenters. The van der Waals surface area contributed by atoms with Crippen molar-refractivity contribution >= 4 is 0 Å². The van der Waals surface area contributed by atoms with Crippen molar-refractivity contribution in [3.63, 3.8) is 0 Å². The molecule has 0 N–H and O–H groups in total. The van der Waals surface area contributed by atoms with Crippen molar-refractivity contribution in [2.45, 2.75) is 38.9 Å². The highest BCUT2D eigenvalue weighted by atomic mass is 19.3. The molecule has 0 bridgehead atoms. The minimum atomic E-state index is -2.34. The van der Waals surface area contributed by atoms with Crippen molar-refractivity contribution in [1.29, 1.82) is 0 Å². The van der Waals surface area contributed by atoms with Gasteiger partial charge >= 0.3 is 0 Å². The predicted molar refractivity (Wildman–Crippen MR) is 60.0 cm³/mol. The molecule has 1 fully saturated rings. The number of hydrogen-bond acceptors (Lipinski definition) is 3. The summed E-state index contributed by atoms with van der Waals surface area (Å²) in [5.41, 5.74) is 0. The van der Waals surface area contributed by atoms with E-state index in [4.69, 9.17) is 4.74 Å². The van der Waals surface area contributed by atoms with Crippen molar-refractivity contribution in [3.05, 3.63) is 0 Å². The summed E-state index contributed by atoms with van der Waals surface area (Å²) in [6, 6.07) is 0. The van der Waals surface area contributed by atoms with Crippen molar-refractivity contribution in [2.24, 2.45) is 0 Å². The van der Waals surface area contributed by atoms with Gasteiger partial charge in [0.05, 0.1) is 12.2 Å². The third-order valence-electron chi connectivity index (χ3n) is 2.24. The van der Waals surface area contributed by atoms with E-state index in [0.29, 0.717) is 6.10 Å². The number of ether oxygens (including phenoxy) is 2. The van der Waals surface area contributed by atoms with E-state index < -0.39 is 13.0 Å². The number of likely N-dealkylation sites (N-methyl/N-ethyl adjacent to an activating group) is 1. The Morgan fingerprint density at radius 2 is 2.00 bits per heavy atom. The first-order valence-corrected chi connectivity index (χ1v) is 5.56. The number of halogens is 2. The van der Waals surface area contributed by atoms with Crippen molar-refractivity contribution in [3.8, 4) is 0 Å². The number of nitrogens with zero attached hydrogens (tertiary/aromatic N) is 1. The molecular weight excluding hydrogens is 216 g/mol. The van der Waals surface area contributed by atoms with Gasteiger partial charge in [-0.15, -0.1) is 0 Å². The quantitative estimate of drug-likeness (QED) is 0.749. The van der Waals surface area contributed by atoms with Crippen LogP contribution < -0.4 is 0 Å². The first kappa shape index (κ1) is 15.7. The zero-order valence-electron chi connectivity index (χ0n) is 10.6. The van der Waals surface area contributed by atoms with Crippen LogP contribution in [0.3, 0.4) is 0 Å². The van der Waals surface area contributed by atoms with Crippen molar-refractivity contribution in [1.82, 2.24) is 4.90 Å². The number of likely N-dealkylation sites (tertiary alicyclic amines) is 1. The molecule has 0 aromatic heterocycles. The minimum Gasteiger partial charge on any atom is -0.380 e. The molecule has 0 amide bonds. The molecule has 3 nitrogen and oxygen atoms in total. The van der Waals surface area contributed by atoms with Gasteiger partial charge in [0, 0.05) is 20.2 Å². The highest BCUT2D eigenvalue weighted by molar-refractivity contribution is 4.71. The predicted octanol–water partition coefficient (Wildman–Crippen LogP) is 2.01. The van der Waals surface area contributed by atoms with E-state index in [9.17, 15) is 8.78 Å². The van der Waals surface area contributed by atoms with Crippen LogP contribution in [-0.2, 0) is 9.47 Å². The Hall–Kier alpha value is -0.260. The molecule has 1 atom stereocenters. The highest BCUT2D eigenvalue weighted by Crippen LogP contribution is 2.08. The molecule has 0 aromatic carbocycles. The van der Waals surface area contributed by atoms with E-state index >= 15 is 0 Å². The average molecular weight is 239 g/mol. The van der Waals surface area contributed by atoms with E-state index in [1.807, 2.05) is 0 Å². The summed E-state index contributed by atoms with van der Waals surface area (Å²) in [5, 5.41) is 0. The maximum atomic E-state index is 11.3. The molecule has 0 radical (unpaired) electrons. The standard InChI is InChI=1S/C6H13NO.C5H10F2O/c1-7-4-3-6(5-7)8-2;1-4(2)8-3-5(6)7/h6H,3-5H2,1-2H3;4-5H,3H2,1-2H3. The summed E-state index contributed by atoms with van der Waals surface area (Å²) in [6.07, 6.45) is -0.728. The van der Waals surface area contributed by atoms with Gasteiger partial charge < -0.3 is 14.4 Å². The van der Waals surface area contributed by atoms with Crippen LogP contribution in [0.25, 0.3) is 0 Å². The first-order chi connectivity index (χ1) is 7.45. The summed E-state index contributed by atoms with van der Waals surface area (Å²) in [4.78, 5) is 2.29. The van der Waals surface area contributed by atoms with Crippen LogP contribution in [0.5, 0.6) is 0 Å². The summed E-state index contributed by atoms with van der Waals surface area (Å²) < 4.78 is 32.2. The molecule has 0 saturated carbocycles. The van der Waals surface area contributed by atoms with Crippen LogP contribution in [0.1, 0.15) is 20.3 Å². The Labute approximate surface area is 96.7 Å². The van der Waals surface area contributed by atoms with Gasteiger partial charge in [0.1, 0.15) is 6.61 Å². The van der Waals surface area contributed by atoms with Gasteiger partial charge in [0.2, 0.25) is 0 Å². The summed E-state index contributed by atoms with van der Waals surface area (Å²) in [7, 11) is 3.91. The van der Waals surface area contributed by atoms with Crippen LogP contribution in [0, 0.1) is 0 Å². The molecule has 1 heterocycles. The van der Waals surface area contributed by atoms with E-state index in [1.54, 1.807) is 21.0 Å². The van der Waals surface area contributed by atoms with Crippen LogP contribution in [0.4, 0.5) is 8.78 Å². The number of alkyl halides is 2. The monoisotopic (exact) mass is 239 g/mol. The van der Waals surface area contributed by atoms with Gasteiger partial charge in [-0.05, 0) is 27.3 Å². The molecule has 1 saturated heterocycles. The number of hydrogen-bond donors (Lipinski definition) is 0. The maximum Gasteiger partial charge on any atom is 0.261 e. The van der Waals surface area contributed by atoms with E-state index in [1.165, 1.54) is 13.0 Å². The molecule has 1 aliphatic heterocycles. The SMILES string of the molecule is CC(C)OCC(F)F.COC1CCN(C)C1. The number of methoxy groups -OCH3 is 1. The molecule has 98 valence electrons. The van der Waals surface area contributed by atoms with Crippen LogP contribution >= 0.6 is 0 Å². The summed E-state index contributed by atoms with van der Waals surface area (Å²) in [5.74, 6) is 0. The lowest BCUT2D eigenvalue weighted by atomic mass is 10.3. The number of rotatable bonds is 4. The normalized spacial score (nSPS) is 21.4. The Morgan fingerprint density at radius 3 is 2.19 bits per heavy atom. The second-order valence-corrected chi connectivity index (χ2v) is 4.18. The fourth-order valence-corrected chi connectivity index (χ4v) is 1.35. The third-order valence-corrected chi connectivity index (χ3v) is 2.24. The highest BCUT2D eigenvalue weighted by Gasteiger charge is 2.17. The molecule has 1 rings (SSSR count). The Kier molecular flexibility index (Phi) is 8.70. The van der Waals surface area contributed by atoms with E-state index in [0.717, 1.165) is 6.54 Å².